The number of carbonyl (C=O) groups excluding carboxylic acids is 1. The lowest BCUT2D eigenvalue weighted by molar-refractivity contribution is 0.0733. The summed E-state index contributed by atoms with van der Waals surface area (Å²) in [6.45, 7) is 1.35. The molecule has 0 bridgehead atoms. The molecule has 4 rings (SSSR count). The van der Waals surface area contributed by atoms with Crippen LogP contribution in [0.2, 0.25) is 0 Å². The Morgan fingerprint density at radius 2 is 2.14 bits per heavy atom. The molecule has 3 aromatic rings. The van der Waals surface area contributed by atoms with Crippen molar-refractivity contribution in [2.45, 2.75) is 13.0 Å². The molecule has 0 fully saturated rings. The second-order valence-corrected chi connectivity index (χ2v) is 5.93. The minimum absolute atomic E-state index is 0.00607. The molecule has 0 spiro atoms. The fourth-order valence-corrected chi connectivity index (χ4v) is 3.37. The zero-order chi connectivity index (χ0) is 14.4. The first-order valence-corrected chi connectivity index (χ1v) is 7.64. The summed E-state index contributed by atoms with van der Waals surface area (Å²) in [4.78, 5) is 17.9. The molecular formula is C16H13BrN2O2. The number of carbonyl (C=O) groups is 1. The molecular weight excluding hydrogens is 332 g/mol. The summed E-state index contributed by atoms with van der Waals surface area (Å²) in [5.41, 5.74) is 4.19. The first-order valence-electron chi connectivity index (χ1n) is 6.85. The third-order valence-corrected chi connectivity index (χ3v) is 4.63. The van der Waals surface area contributed by atoms with E-state index in [1.54, 1.807) is 6.07 Å². The highest BCUT2D eigenvalue weighted by Gasteiger charge is 2.26. The molecule has 3 heterocycles. The number of halogens is 1. The van der Waals surface area contributed by atoms with Crippen molar-refractivity contribution in [3.63, 3.8) is 0 Å². The van der Waals surface area contributed by atoms with Crippen molar-refractivity contribution in [2.24, 2.45) is 0 Å². The third kappa shape index (κ3) is 2.00. The molecule has 4 nitrogen and oxygen atoms in total. The average molecular weight is 345 g/mol. The number of amides is 1. The van der Waals surface area contributed by atoms with Crippen LogP contribution < -0.4 is 0 Å². The number of hydrogen-bond donors (Lipinski definition) is 1. The summed E-state index contributed by atoms with van der Waals surface area (Å²) in [7, 11) is 0. The van der Waals surface area contributed by atoms with Crippen LogP contribution in [-0.4, -0.2) is 22.3 Å². The fraction of sp³-hybridized carbons (Fsp3) is 0.188. The molecule has 2 aromatic heterocycles. The number of H-pyrrole nitrogens is 1. The lowest BCUT2D eigenvalue weighted by Crippen LogP contribution is -2.35. The summed E-state index contributed by atoms with van der Waals surface area (Å²) in [5.74, 6) is 0.00607. The van der Waals surface area contributed by atoms with Gasteiger partial charge in [-0.1, -0.05) is 18.2 Å². The van der Waals surface area contributed by atoms with Gasteiger partial charge in [-0.25, -0.2) is 0 Å². The molecule has 0 radical (unpaired) electrons. The number of aromatic nitrogens is 1. The number of aromatic amines is 1. The monoisotopic (exact) mass is 344 g/mol. The van der Waals surface area contributed by atoms with Crippen molar-refractivity contribution >= 4 is 32.7 Å². The van der Waals surface area contributed by atoms with Crippen molar-refractivity contribution in [3.05, 3.63) is 58.1 Å². The van der Waals surface area contributed by atoms with Crippen LogP contribution in [-0.2, 0) is 13.0 Å². The van der Waals surface area contributed by atoms with Crippen LogP contribution in [0.15, 0.2) is 45.7 Å². The topological polar surface area (TPSA) is 49.2 Å². The predicted molar refractivity (Wildman–Crippen MR) is 83.2 cm³/mol. The van der Waals surface area contributed by atoms with Crippen molar-refractivity contribution in [1.29, 1.82) is 0 Å². The number of benzene rings is 1. The average Bonchev–Trinajstić information content (AvgIpc) is 3.09. The fourth-order valence-electron chi connectivity index (χ4n) is 2.96. The van der Waals surface area contributed by atoms with E-state index < -0.39 is 0 Å². The highest BCUT2D eigenvalue weighted by molar-refractivity contribution is 9.10. The maximum absolute atomic E-state index is 12.6. The summed E-state index contributed by atoms with van der Waals surface area (Å²) in [5, 5.41) is 1.20. The minimum Gasteiger partial charge on any atom is -0.457 e. The molecule has 5 heteroatoms. The summed E-state index contributed by atoms with van der Waals surface area (Å²) >= 11 is 3.28. The van der Waals surface area contributed by atoms with Crippen molar-refractivity contribution in [3.8, 4) is 0 Å². The van der Waals surface area contributed by atoms with Gasteiger partial charge < -0.3 is 14.3 Å². The Labute approximate surface area is 129 Å². The molecule has 1 aromatic carbocycles. The third-order valence-electron chi connectivity index (χ3n) is 4.02. The number of hydrogen-bond acceptors (Lipinski definition) is 2. The zero-order valence-electron chi connectivity index (χ0n) is 11.2. The van der Waals surface area contributed by atoms with Crippen LogP contribution in [0.5, 0.6) is 0 Å². The summed E-state index contributed by atoms with van der Waals surface area (Å²) in [6.07, 6.45) is 2.38. The largest absolute Gasteiger partial charge is 0.457 e. The maximum Gasteiger partial charge on any atom is 0.258 e. The molecule has 1 amide bonds. The van der Waals surface area contributed by atoms with Crippen molar-refractivity contribution in [1.82, 2.24) is 9.88 Å². The van der Waals surface area contributed by atoms with Gasteiger partial charge in [0, 0.05) is 41.7 Å². The van der Waals surface area contributed by atoms with Crippen molar-refractivity contribution < 1.29 is 9.21 Å². The van der Waals surface area contributed by atoms with Gasteiger partial charge in [-0.15, -0.1) is 0 Å². The van der Waals surface area contributed by atoms with E-state index in [9.17, 15) is 4.79 Å². The molecule has 0 aliphatic carbocycles. The van der Waals surface area contributed by atoms with Crippen LogP contribution in [0.4, 0.5) is 0 Å². The van der Waals surface area contributed by atoms with Gasteiger partial charge in [0.2, 0.25) is 0 Å². The molecule has 0 atom stereocenters. The first kappa shape index (κ1) is 12.7. The van der Waals surface area contributed by atoms with Gasteiger partial charge in [0.15, 0.2) is 4.67 Å². The van der Waals surface area contributed by atoms with Gasteiger partial charge in [0.25, 0.3) is 5.91 Å². The van der Waals surface area contributed by atoms with Gasteiger partial charge in [-0.05, 0) is 28.1 Å². The van der Waals surface area contributed by atoms with Crippen LogP contribution in [0.3, 0.4) is 0 Å². The quantitative estimate of drug-likeness (QED) is 0.731. The Bertz CT molecular complexity index is 834. The lowest BCUT2D eigenvalue weighted by Gasteiger charge is -2.27. The molecule has 1 aliphatic heterocycles. The van der Waals surface area contributed by atoms with E-state index in [0.717, 1.165) is 18.5 Å². The highest BCUT2D eigenvalue weighted by atomic mass is 79.9. The predicted octanol–water partition coefficient (Wildman–Crippen LogP) is 3.72. The number of rotatable bonds is 1. The number of furan rings is 1. The number of para-hydroxylation sites is 1. The highest BCUT2D eigenvalue weighted by Crippen LogP contribution is 2.29. The Morgan fingerprint density at radius 3 is 2.95 bits per heavy atom. The Morgan fingerprint density at radius 1 is 1.29 bits per heavy atom. The SMILES string of the molecule is O=C(c1ccoc1Br)N1CCc2[nH]c3ccccc3c2C1. The van der Waals surface area contributed by atoms with E-state index in [1.165, 1.54) is 22.9 Å². The standard InChI is InChI=1S/C16H13BrN2O2/c17-15-11(6-8-21-15)16(20)19-7-5-14-12(9-19)10-3-1-2-4-13(10)18-14/h1-4,6,8,18H,5,7,9H2. The van der Waals surface area contributed by atoms with Gasteiger partial charge >= 0.3 is 0 Å². The molecule has 0 saturated carbocycles. The Kier molecular flexibility index (Phi) is 2.89. The van der Waals surface area contributed by atoms with E-state index in [-0.39, 0.29) is 5.91 Å². The summed E-state index contributed by atoms with van der Waals surface area (Å²) in [6, 6.07) is 9.94. The maximum atomic E-state index is 12.6. The van der Waals surface area contributed by atoms with E-state index in [2.05, 4.69) is 33.0 Å². The minimum atomic E-state index is 0.00607. The van der Waals surface area contributed by atoms with Gasteiger partial charge in [-0.3, -0.25) is 4.79 Å². The molecule has 1 aliphatic rings. The lowest BCUT2D eigenvalue weighted by atomic mass is 10.0. The van der Waals surface area contributed by atoms with E-state index >= 15 is 0 Å². The smallest absolute Gasteiger partial charge is 0.258 e. The molecule has 0 unspecified atom stereocenters. The van der Waals surface area contributed by atoms with E-state index in [4.69, 9.17) is 4.42 Å². The number of fused-ring (bicyclic) bond motifs is 3. The molecule has 1 N–H and O–H groups in total. The van der Waals surface area contributed by atoms with Gasteiger partial charge in [-0.2, -0.15) is 0 Å². The molecule has 21 heavy (non-hydrogen) atoms. The normalized spacial score (nSPS) is 14.4. The second kappa shape index (κ2) is 4.77. The van der Waals surface area contributed by atoms with E-state index in [0.29, 0.717) is 16.8 Å². The number of nitrogens with zero attached hydrogens (tertiary/aromatic N) is 1. The van der Waals surface area contributed by atoms with Crippen LogP contribution in [0, 0.1) is 0 Å². The first-order chi connectivity index (χ1) is 10.2. The van der Waals surface area contributed by atoms with Gasteiger partial charge in [0.1, 0.15) is 0 Å². The number of nitrogens with one attached hydrogen (secondary N) is 1. The van der Waals surface area contributed by atoms with E-state index in [1.807, 2.05) is 17.0 Å². The van der Waals surface area contributed by atoms with Crippen molar-refractivity contribution in [2.75, 3.05) is 6.54 Å². The second-order valence-electron chi connectivity index (χ2n) is 5.21. The summed E-state index contributed by atoms with van der Waals surface area (Å²) < 4.78 is 5.66. The molecule has 0 saturated heterocycles. The zero-order valence-corrected chi connectivity index (χ0v) is 12.8. The Balaban J connectivity index is 1.70. The van der Waals surface area contributed by atoms with Crippen LogP contribution in [0.25, 0.3) is 10.9 Å². The Hall–Kier alpha value is -2.01. The van der Waals surface area contributed by atoms with Gasteiger partial charge in [0.05, 0.1) is 11.8 Å². The molecule has 106 valence electrons. The van der Waals surface area contributed by atoms with Crippen LogP contribution >= 0.6 is 15.9 Å². The van der Waals surface area contributed by atoms with Crippen LogP contribution in [0.1, 0.15) is 21.6 Å².